The fourth-order valence-electron chi connectivity index (χ4n) is 1.68. The first-order valence-electron chi connectivity index (χ1n) is 5.99. The number of ether oxygens (including phenoxy) is 1. The Morgan fingerprint density at radius 1 is 1.53 bits per heavy atom. The van der Waals surface area contributed by atoms with Crippen LogP contribution in [0.5, 0.6) is 0 Å². The summed E-state index contributed by atoms with van der Waals surface area (Å²) in [6.45, 7) is 1.58. The van der Waals surface area contributed by atoms with Gasteiger partial charge in [0.15, 0.2) is 0 Å². The smallest absolute Gasteiger partial charge is 0.408 e. The maximum absolute atomic E-state index is 11.7. The van der Waals surface area contributed by atoms with Crippen LogP contribution in [-0.2, 0) is 4.74 Å². The predicted molar refractivity (Wildman–Crippen MR) is 73.5 cm³/mol. The third-order valence-corrected chi connectivity index (χ3v) is 3.96. The second kappa shape index (κ2) is 5.57. The van der Waals surface area contributed by atoms with E-state index in [0.717, 1.165) is 12.8 Å². The first-order chi connectivity index (χ1) is 8.95. The Morgan fingerprint density at radius 2 is 2.21 bits per heavy atom. The maximum Gasteiger partial charge on any atom is 0.408 e. The van der Waals surface area contributed by atoms with Gasteiger partial charge < -0.3 is 15.2 Å². The van der Waals surface area contributed by atoms with E-state index < -0.39 is 12.1 Å². The van der Waals surface area contributed by atoms with Crippen LogP contribution in [0.4, 0.5) is 4.79 Å². The van der Waals surface area contributed by atoms with Gasteiger partial charge in [0, 0.05) is 0 Å². The van der Waals surface area contributed by atoms with Crippen molar-refractivity contribution in [3.63, 3.8) is 0 Å². The summed E-state index contributed by atoms with van der Waals surface area (Å²) >= 11 is 12.0. The van der Waals surface area contributed by atoms with Gasteiger partial charge in [-0.2, -0.15) is 0 Å². The number of hydrogen-bond donors (Lipinski definition) is 2. The van der Waals surface area contributed by atoms with Gasteiger partial charge in [-0.1, -0.05) is 35.3 Å². The minimum absolute atomic E-state index is 0.286. The number of nitrogens with one attached hydrogen (secondary N) is 1. The van der Waals surface area contributed by atoms with Gasteiger partial charge in [-0.05, 0) is 31.4 Å². The monoisotopic (exact) mass is 303 g/mol. The molecule has 6 heteroatoms. The average molecular weight is 304 g/mol. The molecule has 1 aromatic rings. The molecule has 1 fully saturated rings. The zero-order chi connectivity index (χ0) is 14.0. The van der Waals surface area contributed by atoms with Crippen molar-refractivity contribution in [1.29, 1.82) is 0 Å². The van der Waals surface area contributed by atoms with E-state index in [-0.39, 0.29) is 12.2 Å². The molecular formula is C13H15Cl2NO3. The highest BCUT2D eigenvalue weighted by Gasteiger charge is 2.42. The zero-order valence-electron chi connectivity index (χ0n) is 10.5. The Morgan fingerprint density at radius 3 is 2.79 bits per heavy atom. The van der Waals surface area contributed by atoms with Gasteiger partial charge in [-0.3, -0.25) is 0 Å². The van der Waals surface area contributed by atoms with E-state index in [0.29, 0.717) is 15.6 Å². The molecule has 2 rings (SSSR count). The van der Waals surface area contributed by atoms with Crippen LogP contribution in [0.2, 0.25) is 10.0 Å². The lowest BCUT2D eigenvalue weighted by molar-refractivity contribution is 0.0867. The summed E-state index contributed by atoms with van der Waals surface area (Å²) in [5.41, 5.74) is 0.206. The van der Waals surface area contributed by atoms with E-state index >= 15 is 0 Å². The average Bonchev–Trinajstić information content (AvgIpc) is 3.07. The summed E-state index contributed by atoms with van der Waals surface area (Å²) in [5, 5.41) is 12.7. The van der Waals surface area contributed by atoms with Crippen LogP contribution in [0, 0.1) is 0 Å². The fraction of sp³-hybridized carbons (Fsp3) is 0.462. The molecule has 1 atom stereocenters. The van der Waals surface area contributed by atoms with Crippen molar-refractivity contribution in [2.45, 2.75) is 31.4 Å². The first kappa shape index (κ1) is 14.4. The maximum atomic E-state index is 11.7. The SMILES string of the molecule is CC1(OC(=O)NC(CO)c2cccc(Cl)c2Cl)CC1. The number of alkyl carbamates (subject to hydrolysis) is 1. The molecule has 1 amide bonds. The molecular weight excluding hydrogens is 289 g/mol. The summed E-state index contributed by atoms with van der Waals surface area (Å²) in [6.07, 6.45) is 1.17. The van der Waals surface area contributed by atoms with Crippen molar-refractivity contribution in [3.8, 4) is 0 Å². The Labute approximate surface area is 121 Å². The predicted octanol–water partition coefficient (Wildman–Crippen LogP) is 3.31. The van der Waals surface area contributed by atoms with E-state index in [9.17, 15) is 9.90 Å². The first-order valence-corrected chi connectivity index (χ1v) is 6.75. The van der Waals surface area contributed by atoms with Crippen LogP contribution >= 0.6 is 23.2 Å². The second-order valence-corrected chi connectivity index (χ2v) is 5.65. The van der Waals surface area contributed by atoms with Gasteiger partial charge in [-0.25, -0.2) is 4.79 Å². The van der Waals surface area contributed by atoms with E-state index in [4.69, 9.17) is 27.9 Å². The number of carbonyl (C=O) groups is 1. The highest BCUT2D eigenvalue weighted by Crippen LogP contribution is 2.39. The third kappa shape index (κ3) is 3.53. The zero-order valence-corrected chi connectivity index (χ0v) is 12.0. The summed E-state index contributed by atoms with van der Waals surface area (Å²) < 4.78 is 5.24. The van der Waals surface area contributed by atoms with E-state index in [1.54, 1.807) is 18.2 Å². The van der Waals surface area contributed by atoms with Gasteiger partial charge in [-0.15, -0.1) is 0 Å². The molecule has 1 aliphatic rings. The van der Waals surface area contributed by atoms with Crippen LogP contribution in [0.25, 0.3) is 0 Å². The Kier molecular flexibility index (Phi) is 4.23. The molecule has 0 saturated heterocycles. The number of aliphatic hydroxyl groups is 1. The molecule has 0 spiro atoms. The molecule has 0 aromatic heterocycles. The lowest BCUT2D eigenvalue weighted by Gasteiger charge is -2.20. The third-order valence-electron chi connectivity index (χ3n) is 3.12. The van der Waals surface area contributed by atoms with Gasteiger partial charge in [0.05, 0.1) is 22.7 Å². The van der Waals surface area contributed by atoms with Gasteiger partial charge in [0.1, 0.15) is 5.60 Å². The highest BCUT2D eigenvalue weighted by atomic mass is 35.5. The molecule has 0 heterocycles. The van der Waals surface area contributed by atoms with Crippen LogP contribution in [0.15, 0.2) is 18.2 Å². The number of rotatable bonds is 4. The topological polar surface area (TPSA) is 58.6 Å². The summed E-state index contributed by atoms with van der Waals surface area (Å²) in [5.74, 6) is 0. The van der Waals surface area contributed by atoms with Crippen LogP contribution in [0.3, 0.4) is 0 Å². The van der Waals surface area contributed by atoms with Crippen molar-refractivity contribution in [3.05, 3.63) is 33.8 Å². The lowest BCUT2D eigenvalue weighted by atomic mass is 10.1. The normalized spacial score (nSPS) is 17.7. The minimum atomic E-state index is -0.638. The lowest BCUT2D eigenvalue weighted by Crippen LogP contribution is -2.34. The molecule has 1 saturated carbocycles. The number of hydrogen-bond acceptors (Lipinski definition) is 3. The van der Waals surface area contributed by atoms with Crippen LogP contribution in [0.1, 0.15) is 31.4 Å². The molecule has 1 unspecified atom stereocenters. The van der Waals surface area contributed by atoms with Crippen LogP contribution in [-0.4, -0.2) is 23.4 Å². The molecule has 104 valence electrons. The largest absolute Gasteiger partial charge is 0.443 e. The van der Waals surface area contributed by atoms with Crippen LogP contribution < -0.4 is 5.32 Å². The van der Waals surface area contributed by atoms with Crippen molar-refractivity contribution in [2.24, 2.45) is 0 Å². The van der Waals surface area contributed by atoms with E-state index in [1.165, 1.54) is 0 Å². The molecule has 0 aliphatic heterocycles. The molecule has 0 radical (unpaired) electrons. The molecule has 19 heavy (non-hydrogen) atoms. The quantitative estimate of drug-likeness (QED) is 0.897. The van der Waals surface area contributed by atoms with E-state index in [1.807, 2.05) is 6.92 Å². The number of amides is 1. The molecule has 1 aliphatic carbocycles. The number of halogens is 2. The van der Waals surface area contributed by atoms with Crippen molar-refractivity contribution < 1.29 is 14.6 Å². The molecule has 2 N–H and O–H groups in total. The number of benzene rings is 1. The van der Waals surface area contributed by atoms with Gasteiger partial charge >= 0.3 is 6.09 Å². The second-order valence-electron chi connectivity index (χ2n) is 4.86. The fourth-order valence-corrected chi connectivity index (χ4v) is 2.12. The van der Waals surface area contributed by atoms with Crippen molar-refractivity contribution in [1.82, 2.24) is 5.32 Å². The Balaban J connectivity index is 2.07. The Hall–Kier alpha value is -0.970. The molecule has 1 aromatic carbocycles. The summed E-state index contributed by atoms with van der Waals surface area (Å²) in [7, 11) is 0. The van der Waals surface area contributed by atoms with Crippen molar-refractivity contribution in [2.75, 3.05) is 6.61 Å². The Bertz CT molecular complexity index is 489. The van der Waals surface area contributed by atoms with Gasteiger partial charge in [0.2, 0.25) is 0 Å². The standard InChI is InChI=1S/C13H15Cl2NO3/c1-13(5-6-13)19-12(18)16-10(7-17)8-3-2-4-9(14)11(8)15/h2-4,10,17H,5-7H2,1H3,(H,16,18). The summed E-state index contributed by atoms with van der Waals surface area (Å²) in [4.78, 5) is 11.7. The van der Waals surface area contributed by atoms with Gasteiger partial charge in [0.25, 0.3) is 0 Å². The summed E-state index contributed by atoms with van der Waals surface area (Å²) in [6, 6.07) is 4.42. The highest BCUT2D eigenvalue weighted by molar-refractivity contribution is 6.42. The minimum Gasteiger partial charge on any atom is -0.443 e. The van der Waals surface area contributed by atoms with Crippen molar-refractivity contribution >= 4 is 29.3 Å². The number of aliphatic hydroxyl groups excluding tert-OH is 1. The van der Waals surface area contributed by atoms with E-state index in [2.05, 4.69) is 5.32 Å². The molecule has 0 bridgehead atoms. The molecule has 4 nitrogen and oxygen atoms in total. The number of carbonyl (C=O) groups excluding carboxylic acids is 1.